The molecule has 29 heavy (non-hydrogen) atoms. The molecule has 1 aromatic rings. The molecule has 164 valence electrons. The second kappa shape index (κ2) is 14.4. The van der Waals surface area contributed by atoms with Gasteiger partial charge < -0.3 is 26.0 Å². The highest BCUT2D eigenvalue weighted by molar-refractivity contribution is 14.0. The van der Waals surface area contributed by atoms with Crippen molar-refractivity contribution >= 4 is 35.8 Å². The van der Waals surface area contributed by atoms with Gasteiger partial charge in [0.1, 0.15) is 5.75 Å². The van der Waals surface area contributed by atoms with E-state index in [0.717, 1.165) is 76.5 Å². The number of carbonyl (C=O) groups is 1. The highest BCUT2D eigenvalue weighted by Crippen LogP contribution is 2.17. The molecule has 1 heterocycles. The molecule has 7 nitrogen and oxygen atoms in total. The van der Waals surface area contributed by atoms with Crippen LogP contribution in [-0.4, -0.2) is 63.6 Å². The summed E-state index contributed by atoms with van der Waals surface area (Å²) in [5, 5.41) is 6.73. The molecule has 1 saturated heterocycles. The first-order chi connectivity index (χ1) is 13.6. The van der Waals surface area contributed by atoms with Crippen LogP contribution >= 0.6 is 24.0 Å². The van der Waals surface area contributed by atoms with Gasteiger partial charge in [0.15, 0.2) is 5.96 Å². The van der Waals surface area contributed by atoms with Crippen molar-refractivity contribution in [1.82, 2.24) is 15.5 Å². The second-order valence-corrected chi connectivity index (χ2v) is 7.21. The Morgan fingerprint density at radius 2 is 1.90 bits per heavy atom. The minimum absolute atomic E-state index is 0. The lowest BCUT2D eigenvalue weighted by atomic mass is 9.96. The van der Waals surface area contributed by atoms with Gasteiger partial charge in [0.05, 0.1) is 7.11 Å². The summed E-state index contributed by atoms with van der Waals surface area (Å²) < 4.78 is 5.39. The molecule has 1 aliphatic heterocycles. The van der Waals surface area contributed by atoms with E-state index in [2.05, 4.69) is 26.6 Å². The number of hydrogen-bond acceptors (Lipinski definition) is 4. The summed E-state index contributed by atoms with van der Waals surface area (Å²) in [5.74, 6) is 1.68. The number of guanidine groups is 1. The summed E-state index contributed by atoms with van der Waals surface area (Å²) in [6.07, 6.45) is 4.90. The number of amides is 1. The van der Waals surface area contributed by atoms with Crippen LogP contribution in [0.15, 0.2) is 29.3 Å². The normalized spacial score (nSPS) is 15.4. The van der Waals surface area contributed by atoms with Crippen LogP contribution < -0.4 is 21.1 Å². The van der Waals surface area contributed by atoms with Crippen LogP contribution in [0.5, 0.6) is 5.75 Å². The zero-order valence-corrected chi connectivity index (χ0v) is 20.0. The van der Waals surface area contributed by atoms with Gasteiger partial charge in [0.25, 0.3) is 0 Å². The third kappa shape index (κ3) is 9.20. The zero-order chi connectivity index (χ0) is 20.2. The van der Waals surface area contributed by atoms with Gasteiger partial charge in [0.2, 0.25) is 5.91 Å². The minimum atomic E-state index is -0.145. The monoisotopic (exact) mass is 517 g/mol. The number of methoxy groups -OCH3 is 1. The maximum atomic E-state index is 11.2. The third-order valence-corrected chi connectivity index (χ3v) is 5.29. The van der Waals surface area contributed by atoms with Crippen molar-refractivity contribution in [2.24, 2.45) is 16.6 Å². The molecule has 0 aliphatic carbocycles. The van der Waals surface area contributed by atoms with Gasteiger partial charge >= 0.3 is 0 Å². The van der Waals surface area contributed by atoms with Crippen LogP contribution in [0.2, 0.25) is 0 Å². The van der Waals surface area contributed by atoms with Crippen molar-refractivity contribution in [2.45, 2.75) is 32.1 Å². The number of benzene rings is 1. The zero-order valence-electron chi connectivity index (χ0n) is 17.7. The predicted octanol–water partition coefficient (Wildman–Crippen LogP) is 2.00. The van der Waals surface area contributed by atoms with E-state index in [4.69, 9.17) is 10.5 Å². The van der Waals surface area contributed by atoms with E-state index in [-0.39, 0.29) is 35.8 Å². The van der Waals surface area contributed by atoms with Crippen LogP contribution in [0.25, 0.3) is 0 Å². The second-order valence-electron chi connectivity index (χ2n) is 7.21. The SMILES string of the molecule is CN=C(NCCCCN1CCC(C(N)=O)CC1)NCCc1ccccc1OC.I. The topological polar surface area (TPSA) is 92.0 Å². The van der Waals surface area contributed by atoms with Gasteiger partial charge in [-0.05, 0) is 63.4 Å². The number of unbranched alkanes of at least 4 members (excludes halogenated alkanes) is 1. The molecular weight excluding hydrogens is 481 g/mol. The summed E-state index contributed by atoms with van der Waals surface area (Å²) in [6, 6.07) is 8.08. The summed E-state index contributed by atoms with van der Waals surface area (Å²) in [7, 11) is 3.49. The number of halogens is 1. The van der Waals surface area contributed by atoms with Crippen LogP contribution in [0.1, 0.15) is 31.2 Å². The molecule has 0 saturated carbocycles. The molecule has 1 aliphatic rings. The summed E-state index contributed by atoms with van der Waals surface area (Å²) in [5.41, 5.74) is 6.57. The molecule has 0 aromatic heterocycles. The van der Waals surface area contributed by atoms with E-state index in [1.165, 1.54) is 5.56 Å². The van der Waals surface area contributed by atoms with E-state index in [9.17, 15) is 4.79 Å². The van der Waals surface area contributed by atoms with Gasteiger partial charge in [-0.25, -0.2) is 0 Å². The lowest BCUT2D eigenvalue weighted by Gasteiger charge is -2.30. The molecule has 0 radical (unpaired) electrons. The fourth-order valence-corrected chi connectivity index (χ4v) is 3.55. The number of rotatable bonds is 10. The minimum Gasteiger partial charge on any atom is -0.496 e. The average molecular weight is 517 g/mol. The van der Waals surface area contributed by atoms with Gasteiger partial charge in [-0.2, -0.15) is 0 Å². The maximum absolute atomic E-state index is 11.2. The fourth-order valence-electron chi connectivity index (χ4n) is 3.55. The van der Waals surface area contributed by atoms with Gasteiger partial charge in [-0.1, -0.05) is 18.2 Å². The highest BCUT2D eigenvalue weighted by Gasteiger charge is 2.22. The summed E-state index contributed by atoms with van der Waals surface area (Å²) in [6.45, 7) is 4.73. The first kappa shape index (κ1) is 25.5. The molecule has 2 rings (SSSR count). The highest BCUT2D eigenvalue weighted by atomic mass is 127. The molecule has 1 fully saturated rings. The van der Waals surface area contributed by atoms with Crippen LogP contribution in [0, 0.1) is 5.92 Å². The maximum Gasteiger partial charge on any atom is 0.220 e. The number of nitrogens with one attached hydrogen (secondary N) is 2. The number of primary amides is 1. The molecule has 0 unspecified atom stereocenters. The molecule has 0 atom stereocenters. The van der Waals surface area contributed by atoms with Crippen LogP contribution in [0.3, 0.4) is 0 Å². The molecule has 1 amide bonds. The molecule has 8 heteroatoms. The van der Waals surface area contributed by atoms with E-state index < -0.39 is 0 Å². The summed E-state index contributed by atoms with van der Waals surface area (Å²) in [4.78, 5) is 17.9. The number of aliphatic imine (C=N–C) groups is 1. The van der Waals surface area contributed by atoms with E-state index in [1.54, 1.807) is 14.2 Å². The van der Waals surface area contributed by atoms with Gasteiger partial charge in [-0.3, -0.25) is 9.79 Å². The first-order valence-electron chi connectivity index (χ1n) is 10.2. The Bertz CT molecular complexity index is 633. The fraction of sp³-hybridized carbons (Fsp3) is 0.619. The Labute approximate surface area is 191 Å². The predicted molar refractivity (Wildman–Crippen MR) is 129 cm³/mol. The number of piperidine rings is 1. The standard InChI is InChI=1S/C21H35N5O2.HI/c1-23-21(25-13-9-17-7-3-4-8-19(17)28-2)24-12-5-6-14-26-15-10-18(11-16-26)20(22)27;/h3-4,7-8,18H,5-6,9-16H2,1-2H3,(H2,22,27)(H2,23,24,25);1H. The number of nitrogens with zero attached hydrogens (tertiary/aromatic N) is 2. The average Bonchev–Trinajstić information content (AvgIpc) is 2.72. The summed E-state index contributed by atoms with van der Waals surface area (Å²) >= 11 is 0. The quantitative estimate of drug-likeness (QED) is 0.191. The van der Waals surface area contributed by atoms with Crippen molar-refractivity contribution in [2.75, 3.05) is 46.9 Å². The Morgan fingerprint density at radius 3 is 2.55 bits per heavy atom. The largest absolute Gasteiger partial charge is 0.496 e. The van der Waals surface area contributed by atoms with Crippen molar-refractivity contribution < 1.29 is 9.53 Å². The van der Waals surface area contributed by atoms with Crippen LogP contribution in [-0.2, 0) is 11.2 Å². The molecule has 4 N–H and O–H groups in total. The van der Waals surface area contributed by atoms with Crippen molar-refractivity contribution in [3.63, 3.8) is 0 Å². The number of hydrogen-bond donors (Lipinski definition) is 3. The number of likely N-dealkylation sites (tertiary alicyclic amines) is 1. The lowest BCUT2D eigenvalue weighted by molar-refractivity contribution is -0.123. The number of ether oxygens (including phenoxy) is 1. The van der Waals surface area contributed by atoms with Crippen molar-refractivity contribution in [3.05, 3.63) is 29.8 Å². The Hall–Kier alpha value is -1.55. The molecule has 0 spiro atoms. The number of carbonyl (C=O) groups excluding carboxylic acids is 1. The van der Waals surface area contributed by atoms with E-state index in [0.29, 0.717) is 0 Å². The van der Waals surface area contributed by atoms with Crippen molar-refractivity contribution in [3.8, 4) is 5.75 Å². The van der Waals surface area contributed by atoms with Gasteiger partial charge in [0, 0.05) is 26.1 Å². The van der Waals surface area contributed by atoms with Gasteiger partial charge in [-0.15, -0.1) is 24.0 Å². The molecule has 1 aromatic carbocycles. The Kier molecular flexibility index (Phi) is 12.7. The Morgan fingerprint density at radius 1 is 1.21 bits per heavy atom. The smallest absolute Gasteiger partial charge is 0.220 e. The number of nitrogens with two attached hydrogens (primary N) is 1. The Balaban J connectivity index is 0.00000420. The van der Waals surface area contributed by atoms with Crippen molar-refractivity contribution in [1.29, 1.82) is 0 Å². The van der Waals surface area contributed by atoms with E-state index in [1.807, 2.05) is 18.2 Å². The number of para-hydroxylation sites is 1. The van der Waals surface area contributed by atoms with E-state index >= 15 is 0 Å². The van der Waals surface area contributed by atoms with Crippen LogP contribution in [0.4, 0.5) is 0 Å². The first-order valence-corrected chi connectivity index (χ1v) is 10.2. The lowest BCUT2D eigenvalue weighted by Crippen LogP contribution is -2.40. The molecular formula is C21H36IN5O2. The third-order valence-electron chi connectivity index (χ3n) is 5.29. The molecule has 0 bridgehead atoms.